The van der Waals surface area contributed by atoms with E-state index in [4.69, 9.17) is 16.3 Å². The van der Waals surface area contributed by atoms with Gasteiger partial charge in [-0.25, -0.2) is 4.98 Å². The summed E-state index contributed by atoms with van der Waals surface area (Å²) in [6.07, 6.45) is 1.58. The molecular weight excluding hydrogens is 350 g/mol. The Balaban J connectivity index is 1.76. The van der Waals surface area contributed by atoms with E-state index in [9.17, 15) is 4.79 Å². The summed E-state index contributed by atoms with van der Waals surface area (Å²) in [4.78, 5) is 16.8. The largest absolute Gasteiger partial charge is 0.495 e. The van der Waals surface area contributed by atoms with Crippen molar-refractivity contribution in [3.8, 4) is 5.75 Å². The maximum Gasteiger partial charge on any atom is 0.255 e. The highest BCUT2D eigenvalue weighted by molar-refractivity contribution is 6.32. The van der Waals surface area contributed by atoms with E-state index in [-0.39, 0.29) is 5.91 Å². The number of nitrogens with zero attached hydrogens (tertiary/aromatic N) is 1. The number of hydrogen-bond donors (Lipinski definition) is 2. The standard InChI is InChI=1S/C20H18ClN3O2/c1-13-5-3-4-6-17(13)24-20(25)14-9-10-22-19(11-14)23-15-7-8-18(26-2)16(21)12-15/h3-12H,1-2H3,(H,22,23)(H,24,25). The summed E-state index contributed by atoms with van der Waals surface area (Å²) in [7, 11) is 1.56. The highest BCUT2D eigenvalue weighted by Crippen LogP contribution is 2.28. The summed E-state index contributed by atoms with van der Waals surface area (Å²) in [5, 5.41) is 6.54. The monoisotopic (exact) mass is 367 g/mol. The molecule has 0 atom stereocenters. The number of ether oxygens (including phenoxy) is 1. The summed E-state index contributed by atoms with van der Waals surface area (Å²) < 4.78 is 5.14. The fourth-order valence-corrected chi connectivity index (χ4v) is 2.70. The molecule has 26 heavy (non-hydrogen) atoms. The number of hydrogen-bond acceptors (Lipinski definition) is 4. The second kappa shape index (κ2) is 7.89. The van der Waals surface area contributed by atoms with Gasteiger partial charge in [-0.3, -0.25) is 4.79 Å². The minimum atomic E-state index is -0.197. The van der Waals surface area contributed by atoms with Crippen molar-refractivity contribution in [1.29, 1.82) is 0 Å². The Morgan fingerprint density at radius 2 is 1.92 bits per heavy atom. The maximum absolute atomic E-state index is 12.5. The van der Waals surface area contributed by atoms with Crippen LogP contribution >= 0.6 is 11.6 Å². The summed E-state index contributed by atoms with van der Waals surface area (Å²) in [5.74, 6) is 0.942. The van der Waals surface area contributed by atoms with Crippen LogP contribution in [0.2, 0.25) is 5.02 Å². The van der Waals surface area contributed by atoms with Crippen LogP contribution in [-0.4, -0.2) is 18.0 Å². The van der Waals surface area contributed by atoms with Crippen LogP contribution in [0.25, 0.3) is 0 Å². The molecule has 1 aromatic heterocycles. The average molecular weight is 368 g/mol. The van der Waals surface area contributed by atoms with Crippen molar-refractivity contribution in [2.24, 2.45) is 0 Å². The number of rotatable bonds is 5. The molecule has 1 amide bonds. The molecule has 6 heteroatoms. The molecule has 0 fully saturated rings. The zero-order valence-electron chi connectivity index (χ0n) is 14.4. The van der Waals surface area contributed by atoms with E-state index in [0.29, 0.717) is 22.2 Å². The van der Waals surface area contributed by atoms with Gasteiger partial charge in [0.05, 0.1) is 12.1 Å². The number of carbonyl (C=O) groups is 1. The summed E-state index contributed by atoms with van der Waals surface area (Å²) in [5.41, 5.74) is 3.04. The second-order valence-electron chi connectivity index (χ2n) is 5.67. The van der Waals surface area contributed by atoms with Crippen molar-refractivity contribution >= 4 is 34.7 Å². The van der Waals surface area contributed by atoms with Gasteiger partial charge in [0, 0.05) is 23.1 Å². The smallest absolute Gasteiger partial charge is 0.255 e. The van der Waals surface area contributed by atoms with E-state index in [1.807, 2.05) is 37.3 Å². The Kier molecular flexibility index (Phi) is 5.39. The number of halogens is 1. The number of benzene rings is 2. The maximum atomic E-state index is 12.5. The lowest BCUT2D eigenvalue weighted by atomic mass is 10.2. The molecule has 0 unspecified atom stereocenters. The summed E-state index contributed by atoms with van der Waals surface area (Å²) >= 11 is 6.13. The molecule has 0 radical (unpaired) electrons. The predicted molar refractivity (Wildman–Crippen MR) is 105 cm³/mol. The average Bonchev–Trinajstić information content (AvgIpc) is 2.64. The molecule has 0 aliphatic heterocycles. The number of anilines is 3. The Bertz CT molecular complexity index is 944. The number of methoxy groups -OCH3 is 1. The summed E-state index contributed by atoms with van der Waals surface area (Å²) in [6.45, 7) is 1.95. The number of nitrogens with one attached hydrogen (secondary N) is 2. The summed E-state index contributed by atoms with van der Waals surface area (Å²) in [6, 6.07) is 16.3. The van der Waals surface area contributed by atoms with Gasteiger partial charge in [0.2, 0.25) is 0 Å². The number of carbonyl (C=O) groups excluding carboxylic acids is 1. The first-order valence-electron chi connectivity index (χ1n) is 8.00. The van der Waals surface area contributed by atoms with E-state index in [1.165, 1.54) is 0 Å². The fourth-order valence-electron chi connectivity index (χ4n) is 2.44. The molecule has 5 nitrogen and oxygen atoms in total. The third-order valence-electron chi connectivity index (χ3n) is 3.84. The van der Waals surface area contributed by atoms with Gasteiger partial charge in [-0.15, -0.1) is 0 Å². The van der Waals surface area contributed by atoms with E-state index in [0.717, 1.165) is 16.9 Å². The van der Waals surface area contributed by atoms with Crippen molar-refractivity contribution in [1.82, 2.24) is 4.98 Å². The van der Waals surface area contributed by atoms with Crippen LogP contribution in [0.1, 0.15) is 15.9 Å². The Morgan fingerprint density at radius 3 is 2.65 bits per heavy atom. The zero-order chi connectivity index (χ0) is 18.5. The van der Waals surface area contributed by atoms with Crippen LogP contribution in [0, 0.1) is 6.92 Å². The van der Waals surface area contributed by atoms with Gasteiger partial charge in [-0.2, -0.15) is 0 Å². The van der Waals surface area contributed by atoms with Gasteiger partial charge in [-0.1, -0.05) is 29.8 Å². The van der Waals surface area contributed by atoms with E-state index in [1.54, 1.807) is 37.6 Å². The third kappa shape index (κ3) is 4.13. The van der Waals surface area contributed by atoms with Crippen molar-refractivity contribution in [3.05, 3.63) is 76.9 Å². The van der Waals surface area contributed by atoms with E-state index < -0.39 is 0 Å². The van der Waals surface area contributed by atoms with Crippen LogP contribution in [0.15, 0.2) is 60.8 Å². The molecule has 3 rings (SSSR count). The quantitative estimate of drug-likeness (QED) is 0.662. The molecule has 2 aromatic carbocycles. The molecular formula is C20H18ClN3O2. The van der Waals surface area contributed by atoms with Crippen LogP contribution < -0.4 is 15.4 Å². The minimum Gasteiger partial charge on any atom is -0.495 e. The molecule has 0 aliphatic rings. The molecule has 0 saturated heterocycles. The Morgan fingerprint density at radius 1 is 1.12 bits per heavy atom. The van der Waals surface area contributed by atoms with Gasteiger partial charge in [0.25, 0.3) is 5.91 Å². The number of aryl methyl sites for hydroxylation is 1. The molecule has 0 saturated carbocycles. The minimum absolute atomic E-state index is 0.197. The topological polar surface area (TPSA) is 63.2 Å². The van der Waals surface area contributed by atoms with Gasteiger partial charge >= 0.3 is 0 Å². The highest BCUT2D eigenvalue weighted by Gasteiger charge is 2.09. The lowest BCUT2D eigenvalue weighted by molar-refractivity contribution is 0.102. The number of amides is 1. The fraction of sp³-hybridized carbons (Fsp3) is 0.100. The second-order valence-corrected chi connectivity index (χ2v) is 6.08. The van der Waals surface area contributed by atoms with Crippen molar-refractivity contribution in [2.75, 3.05) is 17.7 Å². The first kappa shape index (κ1) is 17.8. The van der Waals surface area contributed by atoms with Gasteiger partial charge in [0.15, 0.2) is 0 Å². The van der Waals surface area contributed by atoms with Crippen molar-refractivity contribution < 1.29 is 9.53 Å². The molecule has 0 aliphatic carbocycles. The zero-order valence-corrected chi connectivity index (χ0v) is 15.2. The van der Waals surface area contributed by atoms with E-state index >= 15 is 0 Å². The normalized spacial score (nSPS) is 10.3. The van der Waals surface area contributed by atoms with Crippen LogP contribution in [0.3, 0.4) is 0 Å². The van der Waals surface area contributed by atoms with Crippen molar-refractivity contribution in [2.45, 2.75) is 6.92 Å². The SMILES string of the molecule is COc1ccc(Nc2cc(C(=O)Nc3ccccc3C)ccn2)cc1Cl. The first-order chi connectivity index (χ1) is 12.6. The number of para-hydroxylation sites is 1. The first-order valence-corrected chi connectivity index (χ1v) is 8.38. The molecule has 3 aromatic rings. The molecule has 132 valence electrons. The number of pyridine rings is 1. The van der Waals surface area contributed by atoms with E-state index in [2.05, 4.69) is 15.6 Å². The van der Waals surface area contributed by atoms with Gasteiger partial charge in [-0.05, 0) is 48.9 Å². The molecule has 0 bridgehead atoms. The van der Waals surface area contributed by atoms with Crippen LogP contribution in [-0.2, 0) is 0 Å². The highest BCUT2D eigenvalue weighted by atomic mass is 35.5. The Hall–Kier alpha value is -3.05. The molecule has 0 spiro atoms. The van der Waals surface area contributed by atoms with Crippen molar-refractivity contribution in [3.63, 3.8) is 0 Å². The van der Waals surface area contributed by atoms with Crippen LogP contribution in [0.5, 0.6) is 5.75 Å². The molecule has 1 heterocycles. The lowest BCUT2D eigenvalue weighted by Gasteiger charge is -2.11. The van der Waals surface area contributed by atoms with Crippen LogP contribution in [0.4, 0.5) is 17.2 Å². The lowest BCUT2D eigenvalue weighted by Crippen LogP contribution is -2.13. The molecule has 2 N–H and O–H groups in total. The predicted octanol–water partition coefficient (Wildman–Crippen LogP) is 5.05. The number of aromatic nitrogens is 1. The van der Waals surface area contributed by atoms with Gasteiger partial charge < -0.3 is 15.4 Å². The Labute approximate surface area is 157 Å². The van der Waals surface area contributed by atoms with Gasteiger partial charge in [0.1, 0.15) is 11.6 Å². The third-order valence-corrected chi connectivity index (χ3v) is 4.13.